The Morgan fingerprint density at radius 1 is 1.06 bits per heavy atom. The molecule has 3 nitrogen and oxygen atoms in total. The van der Waals surface area contributed by atoms with Crippen LogP contribution in [-0.2, 0) is 9.47 Å². The number of rotatable bonds is 1. The van der Waals surface area contributed by atoms with Crippen molar-refractivity contribution in [2.75, 3.05) is 20.3 Å². The number of ether oxygens (including phenoxy) is 2. The first-order chi connectivity index (χ1) is 8.26. The molecule has 1 spiro atoms. The minimum atomic E-state index is -0.159. The van der Waals surface area contributed by atoms with Crippen LogP contribution in [0.25, 0.3) is 0 Å². The van der Waals surface area contributed by atoms with Crippen LogP contribution >= 0.6 is 0 Å². The van der Waals surface area contributed by atoms with E-state index >= 15 is 0 Å². The Bertz CT molecular complexity index is 326. The zero-order valence-corrected chi connectivity index (χ0v) is 10.8. The SMILES string of the molecule is CNC1C(C)CC2CC3C1CC3C21OCCO1. The number of fused-ring (bicyclic) bond motifs is 3. The standard InChI is InChI=1S/C14H23NO2/c1-8-5-9-6-10-11(13(8)15-2)7-12(10)14(9)16-3-4-17-14/h8-13,15H,3-7H2,1-2H3. The molecule has 0 aromatic carbocycles. The summed E-state index contributed by atoms with van der Waals surface area (Å²) in [5, 5.41) is 3.56. The minimum absolute atomic E-state index is 0.159. The fraction of sp³-hybridized carbons (Fsp3) is 1.00. The van der Waals surface area contributed by atoms with Gasteiger partial charge in [0.15, 0.2) is 5.79 Å². The summed E-state index contributed by atoms with van der Waals surface area (Å²) in [7, 11) is 2.13. The Labute approximate surface area is 103 Å². The van der Waals surface area contributed by atoms with Gasteiger partial charge >= 0.3 is 0 Å². The van der Waals surface area contributed by atoms with Crippen LogP contribution in [0.3, 0.4) is 0 Å². The molecule has 2 bridgehead atoms. The summed E-state index contributed by atoms with van der Waals surface area (Å²) < 4.78 is 12.2. The van der Waals surface area contributed by atoms with Crippen LogP contribution in [0, 0.1) is 29.6 Å². The largest absolute Gasteiger partial charge is 0.347 e. The smallest absolute Gasteiger partial charge is 0.174 e. The molecule has 3 heteroatoms. The summed E-state index contributed by atoms with van der Waals surface area (Å²) in [6.45, 7) is 4.03. The lowest BCUT2D eigenvalue weighted by Crippen LogP contribution is -2.57. The van der Waals surface area contributed by atoms with Gasteiger partial charge in [0.1, 0.15) is 0 Å². The molecule has 4 fully saturated rings. The normalized spacial score (nSPS) is 54.7. The van der Waals surface area contributed by atoms with Crippen molar-refractivity contribution < 1.29 is 9.47 Å². The molecular weight excluding hydrogens is 214 g/mol. The molecule has 4 rings (SSSR count). The molecule has 3 aliphatic carbocycles. The molecular formula is C14H23NO2. The zero-order valence-electron chi connectivity index (χ0n) is 10.8. The van der Waals surface area contributed by atoms with E-state index in [9.17, 15) is 0 Å². The fourth-order valence-electron chi connectivity index (χ4n) is 5.43. The maximum atomic E-state index is 6.10. The first-order valence-corrected chi connectivity index (χ1v) is 7.21. The highest BCUT2D eigenvalue weighted by atomic mass is 16.7. The van der Waals surface area contributed by atoms with Gasteiger partial charge in [-0.3, -0.25) is 0 Å². The van der Waals surface area contributed by atoms with Crippen molar-refractivity contribution in [1.82, 2.24) is 5.32 Å². The second kappa shape index (κ2) is 3.46. The van der Waals surface area contributed by atoms with Crippen molar-refractivity contribution in [2.24, 2.45) is 29.6 Å². The first kappa shape index (κ1) is 10.8. The summed E-state index contributed by atoms with van der Waals surface area (Å²) >= 11 is 0. The molecule has 3 saturated carbocycles. The van der Waals surface area contributed by atoms with Crippen LogP contribution in [0.2, 0.25) is 0 Å². The van der Waals surface area contributed by atoms with E-state index < -0.39 is 0 Å². The lowest BCUT2D eigenvalue weighted by Gasteiger charge is -2.52. The Balaban J connectivity index is 1.68. The summed E-state index contributed by atoms with van der Waals surface area (Å²) in [5.74, 6) is 3.68. The average molecular weight is 237 g/mol. The molecule has 1 heterocycles. The van der Waals surface area contributed by atoms with Crippen LogP contribution < -0.4 is 5.32 Å². The molecule has 4 aliphatic rings. The minimum Gasteiger partial charge on any atom is -0.347 e. The van der Waals surface area contributed by atoms with Gasteiger partial charge in [-0.05, 0) is 44.1 Å². The molecule has 96 valence electrons. The number of hydrogen-bond acceptors (Lipinski definition) is 3. The molecule has 0 aromatic heterocycles. The van der Waals surface area contributed by atoms with Gasteiger partial charge in [0.25, 0.3) is 0 Å². The van der Waals surface area contributed by atoms with E-state index in [4.69, 9.17) is 9.47 Å². The summed E-state index contributed by atoms with van der Waals surface area (Å²) in [5.41, 5.74) is 0. The second-order valence-electron chi connectivity index (χ2n) is 6.55. The Hall–Kier alpha value is -0.120. The van der Waals surface area contributed by atoms with Crippen molar-refractivity contribution in [2.45, 2.75) is 38.0 Å². The second-order valence-corrected chi connectivity index (χ2v) is 6.55. The molecule has 6 atom stereocenters. The van der Waals surface area contributed by atoms with Gasteiger partial charge in [-0.25, -0.2) is 0 Å². The van der Waals surface area contributed by atoms with Crippen LogP contribution in [0.15, 0.2) is 0 Å². The monoisotopic (exact) mass is 237 g/mol. The number of hydrogen-bond donors (Lipinski definition) is 1. The molecule has 1 saturated heterocycles. The van der Waals surface area contributed by atoms with Crippen molar-refractivity contribution in [3.63, 3.8) is 0 Å². The Morgan fingerprint density at radius 2 is 1.82 bits per heavy atom. The third-order valence-corrected chi connectivity index (χ3v) is 6.04. The van der Waals surface area contributed by atoms with E-state index in [1.807, 2.05) is 0 Å². The zero-order chi connectivity index (χ0) is 11.6. The molecule has 1 N–H and O–H groups in total. The molecule has 1 aliphatic heterocycles. The predicted octanol–water partition coefficient (Wildman–Crippen LogP) is 1.63. The van der Waals surface area contributed by atoms with Crippen molar-refractivity contribution in [1.29, 1.82) is 0 Å². The van der Waals surface area contributed by atoms with E-state index in [1.165, 1.54) is 19.3 Å². The van der Waals surface area contributed by atoms with E-state index in [2.05, 4.69) is 19.3 Å². The highest BCUT2D eigenvalue weighted by Crippen LogP contribution is 2.65. The van der Waals surface area contributed by atoms with E-state index in [1.54, 1.807) is 0 Å². The highest BCUT2D eigenvalue weighted by Gasteiger charge is 2.68. The van der Waals surface area contributed by atoms with Gasteiger partial charge in [-0.15, -0.1) is 0 Å². The Morgan fingerprint density at radius 3 is 2.53 bits per heavy atom. The van der Waals surface area contributed by atoms with Crippen molar-refractivity contribution in [3.8, 4) is 0 Å². The van der Waals surface area contributed by atoms with Crippen molar-refractivity contribution >= 4 is 0 Å². The third kappa shape index (κ3) is 1.18. The maximum Gasteiger partial charge on any atom is 0.174 e. The lowest BCUT2D eigenvalue weighted by molar-refractivity contribution is -0.243. The van der Waals surface area contributed by atoms with Crippen LogP contribution in [0.4, 0.5) is 0 Å². The van der Waals surface area contributed by atoms with E-state index in [0.717, 1.165) is 37.0 Å². The van der Waals surface area contributed by atoms with Crippen molar-refractivity contribution in [3.05, 3.63) is 0 Å². The van der Waals surface area contributed by atoms with Crippen LogP contribution in [-0.4, -0.2) is 32.1 Å². The molecule has 0 amide bonds. The van der Waals surface area contributed by atoms with Gasteiger partial charge in [-0.2, -0.15) is 0 Å². The summed E-state index contributed by atoms with van der Waals surface area (Å²) in [6.07, 6.45) is 3.93. The number of nitrogens with one attached hydrogen (secondary N) is 1. The van der Waals surface area contributed by atoms with Crippen LogP contribution in [0.1, 0.15) is 26.2 Å². The predicted molar refractivity (Wildman–Crippen MR) is 64.5 cm³/mol. The maximum absolute atomic E-state index is 6.10. The quantitative estimate of drug-likeness (QED) is 0.752. The fourth-order valence-corrected chi connectivity index (χ4v) is 5.43. The Kier molecular flexibility index (Phi) is 2.19. The lowest BCUT2D eigenvalue weighted by atomic mass is 9.59. The highest BCUT2D eigenvalue weighted by molar-refractivity contribution is 5.13. The molecule has 0 aromatic rings. The third-order valence-electron chi connectivity index (χ3n) is 6.04. The molecule has 17 heavy (non-hydrogen) atoms. The van der Waals surface area contributed by atoms with Gasteiger partial charge < -0.3 is 14.8 Å². The molecule has 0 radical (unpaired) electrons. The summed E-state index contributed by atoms with van der Waals surface area (Å²) in [4.78, 5) is 0. The average Bonchev–Trinajstić information content (AvgIpc) is 2.81. The van der Waals surface area contributed by atoms with Gasteiger partial charge in [-0.1, -0.05) is 6.92 Å². The van der Waals surface area contributed by atoms with Crippen LogP contribution in [0.5, 0.6) is 0 Å². The van der Waals surface area contributed by atoms with E-state index in [0.29, 0.717) is 11.8 Å². The topological polar surface area (TPSA) is 30.5 Å². The van der Waals surface area contributed by atoms with E-state index in [-0.39, 0.29) is 5.79 Å². The van der Waals surface area contributed by atoms with Gasteiger partial charge in [0, 0.05) is 17.9 Å². The molecule has 6 unspecified atom stereocenters. The van der Waals surface area contributed by atoms with Gasteiger partial charge in [0.2, 0.25) is 0 Å². The first-order valence-electron chi connectivity index (χ1n) is 7.21. The van der Waals surface area contributed by atoms with Gasteiger partial charge in [0.05, 0.1) is 13.2 Å². The summed E-state index contributed by atoms with van der Waals surface area (Å²) in [6, 6.07) is 0.722.